The van der Waals surface area contributed by atoms with Gasteiger partial charge in [-0.1, -0.05) is 13.8 Å². The van der Waals surface area contributed by atoms with E-state index in [9.17, 15) is 4.79 Å². The maximum absolute atomic E-state index is 11.4. The maximum Gasteiger partial charge on any atom is 0.338 e. The highest BCUT2D eigenvalue weighted by atomic mass is 16.5. The summed E-state index contributed by atoms with van der Waals surface area (Å²) in [6.45, 7) is 6.27. The van der Waals surface area contributed by atoms with Crippen LogP contribution in [-0.4, -0.2) is 17.6 Å². The average Bonchev–Trinajstić information content (AvgIpc) is 2.18. The molecule has 0 bridgehead atoms. The van der Waals surface area contributed by atoms with Crippen LogP contribution in [0.5, 0.6) is 0 Å². The third-order valence-corrected chi connectivity index (χ3v) is 1.88. The van der Waals surface area contributed by atoms with Gasteiger partial charge in [0.1, 0.15) is 0 Å². The van der Waals surface area contributed by atoms with E-state index in [0.717, 1.165) is 5.69 Å². The lowest BCUT2D eigenvalue weighted by Crippen LogP contribution is -2.06. The van der Waals surface area contributed by atoms with E-state index in [-0.39, 0.29) is 5.97 Å². The van der Waals surface area contributed by atoms with E-state index in [4.69, 9.17) is 4.74 Å². The molecule has 0 unspecified atom stereocenters. The van der Waals surface area contributed by atoms with Gasteiger partial charge < -0.3 is 4.74 Å². The first-order valence-corrected chi connectivity index (χ1v) is 4.78. The van der Waals surface area contributed by atoms with Crippen molar-refractivity contribution in [3.63, 3.8) is 0 Å². The first kappa shape index (κ1) is 10.7. The third-order valence-electron chi connectivity index (χ3n) is 1.88. The lowest BCUT2D eigenvalue weighted by atomic mass is 10.1. The Bertz CT molecular complexity index is 321. The number of pyridine rings is 1. The monoisotopic (exact) mass is 193 g/mol. The van der Waals surface area contributed by atoms with Crippen LogP contribution in [0, 0.1) is 0 Å². The Kier molecular flexibility index (Phi) is 3.63. The highest BCUT2D eigenvalue weighted by Gasteiger charge is 2.08. The van der Waals surface area contributed by atoms with Crippen LogP contribution in [0.15, 0.2) is 18.3 Å². The van der Waals surface area contributed by atoms with Gasteiger partial charge in [-0.25, -0.2) is 4.79 Å². The summed E-state index contributed by atoms with van der Waals surface area (Å²) >= 11 is 0. The number of nitrogens with zero attached hydrogens (tertiary/aromatic N) is 1. The van der Waals surface area contributed by atoms with Crippen molar-refractivity contribution in [2.45, 2.75) is 26.7 Å². The summed E-state index contributed by atoms with van der Waals surface area (Å²) in [5, 5.41) is 0. The first-order chi connectivity index (χ1) is 6.65. The fourth-order valence-corrected chi connectivity index (χ4v) is 1.11. The second-order valence-corrected chi connectivity index (χ2v) is 3.34. The Balaban J connectivity index is 2.88. The van der Waals surface area contributed by atoms with Gasteiger partial charge in [0.05, 0.1) is 12.2 Å². The molecule has 14 heavy (non-hydrogen) atoms. The molecule has 0 N–H and O–H groups in total. The summed E-state index contributed by atoms with van der Waals surface area (Å²) in [5.74, 6) is 0.0428. The van der Waals surface area contributed by atoms with Crippen LogP contribution in [0.3, 0.4) is 0 Å². The molecule has 1 heterocycles. The summed E-state index contributed by atoms with van der Waals surface area (Å²) in [6.07, 6.45) is 1.64. The molecule has 0 atom stereocenters. The molecule has 1 aromatic rings. The molecular weight excluding hydrogens is 178 g/mol. The van der Waals surface area contributed by atoms with Gasteiger partial charge in [0.15, 0.2) is 0 Å². The van der Waals surface area contributed by atoms with Gasteiger partial charge >= 0.3 is 5.97 Å². The minimum Gasteiger partial charge on any atom is -0.462 e. The van der Waals surface area contributed by atoms with E-state index < -0.39 is 0 Å². The van der Waals surface area contributed by atoms with E-state index in [1.54, 1.807) is 25.3 Å². The zero-order chi connectivity index (χ0) is 10.6. The Labute approximate surface area is 84.1 Å². The fourth-order valence-electron chi connectivity index (χ4n) is 1.11. The summed E-state index contributed by atoms with van der Waals surface area (Å²) in [4.78, 5) is 15.5. The van der Waals surface area contributed by atoms with Gasteiger partial charge in [-0.05, 0) is 25.0 Å². The molecule has 0 spiro atoms. The van der Waals surface area contributed by atoms with Crippen LogP contribution in [-0.2, 0) is 4.74 Å². The van der Waals surface area contributed by atoms with Crippen LogP contribution >= 0.6 is 0 Å². The molecule has 3 heteroatoms. The molecular formula is C11H15NO2. The van der Waals surface area contributed by atoms with Crippen molar-refractivity contribution in [2.75, 3.05) is 6.61 Å². The largest absolute Gasteiger partial charge is 0.462 e. The third kappa shape index (κ3) is 2.55. The van der Waals surface area contributed by atoms with Gasteiger partial charge in [0.2, 0.25) is 0 Å². The Hall–Kier alpha value is -1.38. The molecule has 0 saturated heterocycles. The summed E-state index contributed by atoms with van der Waals surface area (Å²) < 4.78 is 4.90. The van der Waals surface area contributed by atoms with Gasteiger partial charge in [-0.15, -0.1) is 0 Å². The number of carbonyl (C=O) groups excluding carboxylic acids is 1. The average molecular weight is 193 g/mol. The lowest BCUT2D eigenvalue weighted by Gasteiger charge is -2.06. The number of aromatic nitrogens is 1. The van der Waals surface area contributed by atoms with E-state index in [1.165, 1.54) is 0 Å². The van der Waals surface area contributed by atoms with Crippen LogP contribution < -0.4 is 0 Å². The molecule has 0 amide bonds. The number of hydrogen-bond acceptors (Lipinski definition) is 3. The SMILES string of the molecule is CCOC(=O)c1ccnc(C(C)C)c1. The number of rotatable bonds is 3. The minimum atomic E-state index is -0.281. The van der Waals surface area contributed by atoms with E-state index in [2.05, 4.69) is 4.98 Å². The highest BCUT2D eigenvalue weighted by molar-refractivity contribution is 5.89. The van der Waals surface area contributed by atoms with E-state index in [0.29, 0.717) is 18.1 Å². The molecule has 76 valence electrons. The van der Waals surface area contributed by atoms with Crippen molar-refractivity contribution in [3.05, 3.63) is 29.6 Å². The second kappa shape index (κ2) is 4.74. The molecule has 0 aromatic carbocycles. The molecule has 0 aliphatic rings. The Morgan fingerprint density at radius 2 is 2.29 bits per heavy atom. The van der Waals surface area contributed by atoms with Crippen molar-refractivity contribution >= 4 is 5.97 Å². The van der Waals surface area contributed by atoms with Gasteiger partial charge in [-0.2, -0.15) is 0 Å². The Morgan fingerprint density at radius 1 is 1.57 bits per heavy atom. The molecule has 1 rings (SSSR count). The zero-order valence-electron chi connectivity index (χ0n) is 8.78. The highest BCUT2D eigenvalue weighted by Crippen LogP contribution is 2.13. The molecule has 0 radical (unpaired) electrons. The maximum atomic E-state index is 11.4. The second-order valence-electron chi connectivity index (χ2n) is 3.34. The van der Waals surface area contributed by atoms with Crippen molar-refractivity contribution in [2.24, 2.45) is 0 Å². The molecule has 0 aliphatic carbocycles. The van der Waals surface area contributed by atoms with Crippen LogP contribution in [0.2, 0.25) is 0 Å². The predicted octanol–water partition coefficient (Wildman–Crippen LogP) is 2.38. The van der Waals surface area contributed by atoms with Crippen LogP contribution in [0.25, 0.3) is 0 Å². The number of ether oxygens (including phenoxy) is 1. The normalized spacial score (nSPS) is 10.3. The Morgan fingerprint density at radius 3 is 2.86 bits per heavy atom. The molecule has 3 nitrogen and oxygen atoms in total. The zero-order valence-corrected chi connectivity index (χ0v) is 8.78. The number of esters is 1. The van der Waals surface area contributed by atoms with Gasteiger partial charge in [-0.3, -0.25) is 4.98 Å². The van der Waals surface area contributed by atoms with Crippen molar-refractivity contribution in [1.29, 1.82) is 0 Å². The van der Waals surface area contributed by atoms with Crippen LogP contribution in [0.1, 0.15) is 42.7 Å². The van der Waals surface area contributed by atoms with Crippen molar-refractivity contribution in [3.8, 4) is 0 Å². The predicted molar refractivity (Wildman–Crippen MR) is 54.3 cm³/mol. The number of carbonyl (C=O) groups is 1. The van der Waals surface area contributed by atoms with Crippen molar-refractivity contribution < 1.29 is 9.53 Å². The number of hydrogen-bond donors (Lipinski definition) is 0. The first-order valence-electron chi connectivity index (χ1n) is 4.78. The smallest absolute Gasteiger partial charge is 0.338 e. The van der Waals surface area contributed by atoms with Crippen molar-refractivity contribution in [1.82, 2.24) is 4.98 Å². The quantitative estimate of drug-likeness (QED) is 0.692. The van der Waals surface area contributed by atoms with Gasteiger partial charge in [0, 0.05) is 11.9 Å². The summed E-state index contributed by atoms with van der Waals surface area (Å²) in [6, 6.07) is 3.45. The van der Waals surface area contributed by atoms with Gasteiger partial charge in [0.25, 0.3) is 0 Å². The molecule has 0 saturated carbocycles. The van der Waals surface area contributed by atoms with E-state index >= 15 is 0 Å². The fraction of sp³-hybridized carbons (Fsp3) is 0.455. The minimum absolute atomic E-state index is 0.281. The van der Waals surface area contributed by atoms with Crippen LogP contribution in [0.4, 0.5) is 0 Å². The standard InChI is InChI=1S/C11H15NO2/c1-4-14-11(13)9-5-6-12-10(7-9)8(2)3/h5-8H,4H2,1-3H3. The summed E-state index contributed by atoms with van der Waals surface area (Å²) in [7, 11) is 0. The molecule has 0 aliphatic heterocycles. The summed E-state index contributed by atoms with van der Waals surface area (Å²) in [5.41, 5.74) is 1.49. The van der Waals surface area contributed by atoms with E-state index in [1.807, 2.05) is 13.8 Å². The molecule has 1 aromatic heterocycles. The lowest BCUT2D eigenvalue weighted by molar-refractivity contribution is 0.0526. The molecule has 0 fully saturated rings. The topological polar surface area (TPSA) is 39.2 Å².